The third-order valence-corrected chi connectivity index (χ3v) is 9.49. The summed E-state index contributed by atoms with van der Waals surface area (Å²) in [5.41, 5.74) is -0.988. The summed E-state index contributed by atoms with van der Waals surface area (Å²) in [6.45, 7) is 4.86. The van der Waals surface area contributed by atoms with Crippen LogP contribution in [0.1, 0.15) is 62.6 Å². The van der Waals surface area contributed by atoms with Crippen molar-refractivity contribution in [2.45, 2.75) is 69.5 Å². The predicted molar refractivity (Wildman–Crippen MR) is 138 cm³/mol. The Balaban J connectivity index is 1.48. The Morgan fingerprint density at radius 1 is 1.05 bits per heavy atom. The summed E-state index contributed by atoms with van der Waals surface area (Å²) in [4.78, 5) is 21.7. The van der Waals surface area contributed by atoms with Gasteiger partial charge in [0.1, 0.15) is 11.2 Å². The Kier molecular flexibility index (Phi) is 6.97. The Morgan fingerprint density at radius 3 is 2.37 bits per heavy atom. The van der Waals surface area contributed by atoms with Crippen LogP contribution < -0.4 is 10.9 Å². The van der Waals surface area contributed by atoms with Crippen molar-refractivity contribution in [2.24, 2.45) is 5.92 Å². The van der Waals surface area contributed by atoms with E-state index in [1.165, 1.54) is 21.1 Å². The molecule has 38 heavy (non-hydrogen) atoms. The molecule has 5 rings (SSSR count). The molecule has 2 aliphatic rings. The van der Waals surface area contributed by atoms with Crippen LogP contribution in [-0.2, 0) is 16.2 Å². The fourth-order valence-corrected chi connectivity index (χ4v) is 6.87. The lowest BCUT2D eigenvalue weighted by atomic mass is 10.0. The zero-order chi connectivity index (χ0) is 27.2. The lowest BCUT2D eigenvalue weighted by molar-refractivity contribution is -0.138. The van der Waals surface area contributed by atoms with Gasteiger partial charge in [0.25, 0.3) is 5.56 Å². The number of aryl methyl sites for hydroxylation is 1. The number of hydrogen-bond acceptors (Lipinski definition) is 6. The second-order valence-electron chi connectivity index (χ2n) is 10.3. The van der Waals surface area contributed by atoms with Crippen LogP contribution in [0.5, 0.6) is 0 Å². The molecule has 3 heterocycles. The topological polar surface area (TPSA) is 97.2 Å². The molecule has 8 nitrogen and oxygen atoms in total. The number of sulfonamides is 1. The molecule has 1 N–H and O–H groups in total. The van der Waals surface area contributed by atoms with Crippen LogP contribution in [0.15, 0.2) is 40.2 Å². The maximum atomic E-state index is 13.6. The predicted octanol–water partition coefficient (Wildman–Crippen LogP) is 5.40. The third-order valence-electron chi connectivity index (χ3n) is 7.59. The molecular formula is C26H30F3N5O3S. The summed E-state index contributed by atoms with van der Waals surface area (Å²) < 4.78 is 69.7. The third kappa shape index (κ3) is 5.03. The summed E-state index contributed by atoms with van der Waals surface area (Å²) >= 11 is 0. The van der Waals surface area contributed by atoms with Crippen molar-refractivity contribution in [2.75, 3.05) is 18.4 Å². The van der Waals surface area contributed by atoms with Crippen molar-refractivity contribution in [3.63, 3.8) is 0 Å². The van der Waals surface area contributed by atoms with Gasteiger partial charge in [-0.1, -0.05) is 19.8 Å². The highest BCUT2D eigenvalue weighted by Crippen LogP contribution is 2.34. The summed E-state index contributed by atoms with van der Waals surface area (Å²) in [7, 11) is -3.62. The van der Waals surface area contributed by atoms with Crippen LogP contribution >= 0.6 is 0 Å². The van der Waals surface area contributed by atoms with Gasteiger partial charge in [0, 0.05) is 36.4 Å². The second-order valence-corrected chi connectivity index (χ2v) is 12.3. The van der Waals surface area contributed by atoms with Crippen LogP contribution in [0.4, 0.5) is 24.8 Å². The molecule has 0 amide bonds. The van der Waals surface area contributed by atoms with E-state index in [4.69, 9.17) is 0 Å². The number of rotatable bonds is 5. The van der Waals surface area contributed by atoms with E-state index in [9.17, 15) is 26.4 Å². The first kappa shape index (κ1) is 26.6. The van der Waals surface area contributed by atoms with Gasteiger partial charge in [-0.15, -0.1) is 0 Å². The highest BCUT2D eigenvalue weighted by atomic mass is 32.2. The Labute approximate surface area is 219 Å². The van der Waals surface area contributed by atoms with Crippen LogP contribution in [-0.4, -0.2) is 40.3 Å². The van der Waals surface area contributed by atoms with E-state index >= 15 is 0 Å². The lowest BCUT2D eigenvalue weighted by Gasteiger charge is -2.29. The molecule has 3 aromatic rings. The fraction of sp³-hybridized carbons (Fsp3) is 0.500. The minimum absolute atomic E-state index is 0.104. The van der Waals surface area contributed by atoms with E-state index in [2.05, 4.69) is 22.2 Å². The van der Waals surface area contributed by atoms with Crippen molar-refractivity contribution in [1.82, 2.24) is 18.8 Å². The average Bonchev–Trinajstić information content (AvgIpc) is 3.39. The monoisotopic (exact) mass is 549 g/mol. The van der Waals surface area contributed by atoms with Gasteiger partial charge in [0.05, 0.1) is 4.90 Å². The van der Waals surface area contributed by atoms with Gasteiger partial charge in [0.2, 0.25) is 16.0 Å². The van der Waals surface area contributed by atoms with Crippen LogP contribution in [0.25, 0.3) is 11.0 Å². The summed E-state index contributed by atoms with van der Waals surface area (Å²) in [6.07, 6.45) is 1.01. The average molecular weight is 550 g/mol. The van der Waals surface area contributed by atoms with Crippen molar-refractivity contribution in [3.05, 3.63) is 51.9 Å². The van der Waals surface area contributed by atoms with Gasteiger partial charge in [-0.05, 0) is 68.4 Å². The molecule has 204 valence electrons. The van der Waals surface area contributed by atoms with Gasteiger partial charge in [0.15, 0.2) is 0 Å². The second kappa shape index (κ2) is 9.96. The van der Waals surface area contributed by atoms with E-state index in [1.54, 1.807) is 19.1 Å². The van der Waals surface area contributed by atoms with Crippen molar-refractivity contribution >= 4 is 32.7 Å². The minimum atomic E-state index is -4.78. The number of piperidine rings is 1. The quantitative estimate of drug-likeness (QED) is 0.458. The first-order valence-electron chi connectivity index (χ1n) is 12.8. The van der Waals surface area contributed by atoms with E-state index in [-0.39, 0.29) is 27.9 Å². The van der Waals surface area contributed by atoms with Gasteiger partial charge in [-0.2, -0.15) is 22.5 Å². The van der Waals surface area contributed by atoms with Crippen LogP contribution in [0.3, 0.4) is 0 Å². The summed E-state index contributed by atoms with van der Waals surface area (Å²) in [5, 5.41) is 3.17. The molecule has 2 fully saturated rings. The number of halogens is 3. The van der Waals surface area contributed by atoms with Gasteiger partial charge in [-0.3, -0.25) is 9.36 Å². The molecule has 1 saturated heterocycles. The normalized spacial score (nSPS) is 18.3. The van der Waals surface area contributed by atoms with Crippen molar-refractivity contribution in [1.29, 1.82) is 0 Å². The Bertz CT molecular complexity index is 1520. The summed E-state index contributed by atoms with van der Waals surface area (Å²) in [5.74, 6) is 0.605. The van der Waals surface area contributed by atoms with Crippen LogP contribution in [0.2, 0.25) is 0 Å². The molecule has 0 spiro atoms. The molecule has 1 saturated carbocycles. The number of nitrogens with zero attached hydrogens (tertiary/aromatic N) is 4. The van der Waals surface area contributed by atoms with Crippen molar-refractivity contribution in [3.8, 4) is 0 Å². The highest BCUT2D eigenvalue weighted by molar-refractivity contribution is 7.89. The van der Waals surface area contributed by atoms with E-state index in [0.717, 1.165) is 31.7 Å². The maximum Gasteiger partial charge on any atom is 0.421 e. The van der Waals surface area contributed by atoms with Crippen LogP contribution in [0, 0.1) is 12.8 Å². The number of pyridine rings is 1. The van der Waals surface area contributed by atoms with Gasteiger partial charge < -0.3 is 5.32 Å². The van der Waals surface area contributed by atoms with E-state index in [0.29, 0.717) is 43.1 Å². The number of nitrogens with one attached hydrogen (secondary N) is 1. The molecule has 2 aromatic heterocycles. The molecule has 0 atom stereocenters. The zero-order valence-corrected chi connectivity index (χ0v) is 22.1. The molecule has 12 heteroatoms. The molecule has 1 aliphatic heterocycles. The first-order valence-corrected chi connectivity index (χ1v) is 14.3. The molecule has 0 radical (unpaired) electrons. The molecular weight excluding hydrogens is 519 g/mol. The fourth-order valence-electron chi connectivity index (χ4n) is 5.32. The number of aromatic nitrogens is 3. The van der Waals surface area contributed by atoms with E-state index in [1.807, 2.05) is 0 Å². The SMILES string of the molecule is Cc1cc(S(=O)(=O)N2CCC(C)CC2)ccc1Nc1ncc2cc(C(F)(F)F)c(=O)n(C3CCCC3)c2n1. The maximum absolute atomic E-state index is 13.6. The minimum Gasteiger partial charge on any atom is -0.324 e. The molecule has 0 unspecified atom stereocenters. The van der Waals surface area contributed by atoms with E-state index < -0.39 is 27.3 Å². The Hall–Kier alpha value is -2.99. The standard InChI is InChI=1S/C26H30F3N5O3S/c1-16-9-11-33(12-10-16)38(36,37)20-7-8-22(17(2)13-20)31-25-30-15-18-14-21(26(27,28)29)24(35)34(23(18)32-25)19-5-3-4-6-19/h7-8,13-16,19H,3-6,9-12H2,1-2H3,(H,30,31,32). The molecule has 1 aromatic carbocycles. The van der Waals surface area contributed by atoms with Gasteiger partial charge >= 0.3 is 6.18 Å². The Morgan fingerprint density at radius 2 is 1.74 bits per heavy atom. The number of anilines is 2. The first-order chi connectivity index (χ1) is 17.9. The number of hydrogen-bond donors (Lipinski definition) is 1. The number of alkyl halides is 3. The van der Waals surface area contributed by atoms with Gasteiger partial charge in [-0.25, -0.2) is 13.4 Å². The highest BCUT2D eigenvalue weighted by Gasteiger charge is 2.37. The number of fused-ring (bicyclic) bond motifs is 1. The molecule has 1 aliphatic carbocycles. The molecule has 0 bridgehead atoms. The lowest BCUT2D eigenvalue weighted by Crippen LogP contribution is -2.37. The largest absolute Gasteiger partial charge is 0.421 e. The summed E-state index contributed by atoms with van der Waals surface area (Å²) in [6, 6.07) is 5.17. The number of benzene rings is 1. The smallest absolute Gasteiger partial charge is 0.324 e. The van der Waals surface area contributed by atoms with Crippen molar-refractivity contribution < 1.29 is 21.6 Å². The zero-order valence-electron chi connectivity index (χ0n) is 21.3.